The smallest absolute Gasteiger partial charge is 0.344 e. The summed E-state index contributed by atoms with van der Waals surface area (Å²) in [4.78, 5) is 31.0. The van der Waals surface area contributed by atoms with Gasteiger partial charge in [-0.15, -0.1) is 0 Å². The predicted octanol–water partition coefficient (Wildman–Crippen LogP) is 3.26. The summed E-state index contributed by atoms with van der Waals surface area (Å²) in [6.45, 7) is 1.33. The maximum absolute atomic E-state index is 12.1. The van der Waals surface area contributed by atoms with Gasteiger partial charge in [0.25, 0.3) is 5.56 Å². The number of aromatic nitrogens is 2. The molecule has 3 aromatic rings. The first kappa shape index (κ1) is 17.0. The molecule has 0 saturated carbocycles. The summed E-state index contributed by atoms with van der Waals surface area (Å²) in [6, 6.07) is 13.8. The number of nitrogens with one attached hydrogen (secondary N) is 1. The van der Waals surface area contributed by atoms with Crippen molar-refractivity contribution in [1.82, 2.24) is 9.97 Å². The second-order valence-corrected chi connectivity index (χ2v) is 5.73. The number of fused-ring (bicyclic) bond motifs is 1. The molecular weight excluding hydrogens is 344 g/mol. The molecule has 3 rings (SSSR count). The van der Waals surface area contributed by atoms with Gasteiger partial charge >= 0.3 is 5.97 Å². The van der Waals surface area contributed by atoms with Crippen molar-refractivity contribution in [1.29, 1.82) is 0 Å². The Labute approximate surface area is 148 Å². The van der Waals surface area contributed by atoms with Crippen molar-refractivity contribution < 1.29 is 14.3 Å². The average Bonchev–Trinajstić information content (AvgIpc) is 2.61. The van der Waals surface area contributed by atoms with E-state index in [4.69, 9.17) is 21.1 Å². The Morgan fingerprint density at radius 2 is 1.92 bits per heavy atom. The Hall–Kier alpha value is -2.86. The maximum atomic E-state index is 12.1. The Kier molecular flexibility index (Phi) is 5.00. The standard InChI is InChI=1S/C18H15ClN2O4/c1-11(17-20-14-8-4-2-6-12(14)18(23)21-17)25-16(22)10-24-15-9-5-3-7-13(15)19/h2-9,11H,10H2,1H3,(H,20,21,23)/t11-/m0/s1. The summed E-state index contributed by atoms with van der Waals surface area (Å²) < 4.78 is 10.6. The van der Waals surface area contributed by atoms with Crippen LogP contribution in [0.4, 0.5) is 0 Å². The normalized spacial score (nSPS) is 11.9. The second kappa shape index (κ2) is 7.36. The minimum Gasteiger partial charge on any atom is -0.480 e. The molecule has 2 aromatic carbocycles. The highest BCUT2D eigenvalue weighted by Crippen LogP contribution is 2.23. The SMILES string of the molecule is C[C@H](OC(=O)COc1ccccc1Cl)c1nc2ccccc2c(=O)[nH]1. The van der Waals surface area contributed by atoms with Crippen LogP contribution < -0.4 is 10.3 Å². The van der Waals surface area contributed by atoms with Crippen molar-refractivity contribution in [3.8, 4) is 5.75 Å². The van der Waals surface area contributed by atoms with Crippen LogP contribution in [0.2, 0.25) is 5.02 Å². The van der Waals surface area contributed by atoms with E-state index in [1.54, 1.807) is 55.5 Å². The van der Waals surface area contributed by atoms with Crippen molar-refractivity contribution in [2.45, 2.75) is 13.0 Å². The number of aromatic amines is 1. The van der Waals surface area contributed by atoms with Crippen molar-refractivity contribution in [3.05, 3.63) is 69.7 Å². The summed E-state index contributed by atoms with van der Waals surface area (Å²) in [7, 11) is 0. The Morgan fingerprint density at radius 3 is 2.72 bits per heavy atom. The molecule has 0 saturated heterocycles. The van der Waals surface area contributed by atoms with Crippen LogP contribution in [0, 0.1) is 0 Å². The molecule has 0 fully saturated rings. The number of para-hydroxylation sites is 2. The van der Waals surface area contributed by atoms with Crippen LogP contribution in [0.3, 0.4) is 0 Å². The molecular formula is C18H15ClN2O4. The monoisotopic (exact) mass is 358 g/mol. The molecule has 25 heavy (non-hydrogen) atoms. The van der Waals surface area contributed by atoms with Gasteiger partial charge in [0.15, 0.2) is 18.5 Å². The fourth-order valence-electron chi connectivity index (χ4n) is 2.28. The number of nitrogens with zero attached hydrogens (tertiary/aromatic N) is 1. The molecule has 0 amide bonds. The van der Waals surface area contributed by atoms with Gasteiger partial charge in [0.1, 0.15) is 5.75 Å². The van der Waals surface area contributed by atoms with E-state index >= 15 is 0 Å². The zero-order valence-electron chi connectivity index (χ0n) is 13.4. The van der Waals surface area contributed by atoms with E-state index < -0.39 is 12.1 Å². The van der Waals surface area contributed by atoms with Crippen LogP contribution in [-0.2, 0) is 9.53 Å². The number of ether oxygens (including phenoxy) is 2. The number of benzene rings is 2. The van der Waals surface area contributed by atoms with Gasteiger partial charge in [0.2, 0.25) is 0 Å². The molecule has 0 bridgehead atoms. The largest absolute Gasteiger partial charge is 0.480 e. The van der Waals surface area contributed by atoms with Crippen molar-refractivity contribution in [2.24, 2.45) is 0 Å². The quantitative estimate of drug-likeness (QED) is 0.708. The highest BCUT2D eigenvalue weighted by atomic mass is 35.5. The molecule has 7 heteroatoms. The first-order valence-corrected chi connectivity index (χ1v) is 7.98. The van der Waals surface area contributed by atoms with Crippen LogP contribution in [0.25, 0.3) is 10.9 Å². The van der Waals surface area contributed by atoms with Crippen LogP contribution in [0.15, 0.2) is 53.3 Å². The number of hydrogen-bond acceptors (Lipinski definition) is 5. The van der Waals surface area contributed by atoms with Crippen molar-refractivity contribution >= 4 is 28.5 Å². The summed E-state index contributed by atoms with van der Waals surface area (Å²) >= 11 is 5.96. The summed E-state index contributed by atoms with van der Waals surface area (Å²) in [5.74, 6) is 0.0732. The Morgan fingerprint density at radius 1 is 1.20 bits per heavy atom. The van der Waals surface area contributed by atoms with E-state index in [0.29, 0.717) is 21.7 Å². The van der Waals surface area contributed by atoms with Gasteiger partial charge in [-0.05, 0) is 31.2 Å². The third-order valence-electron chi connectivity index (χ3n) is 3.51. The van der Waals surface area contributed by atoms with Gasteiger partial charge < -0.3 is 14.5 Å². The van der Waals surface area contributed by atoms with Crippen LogP contribution >= 0.6 is 11.6 Å². The minimum absolute atomic E-state index is 0.273. The number of H-pyrrole nitrogens is 1. The van der Waals surface area contributed by atoms with Crippen molar-refractivity contribution in [2.75, 3.05) is 6.61 Å². The molecule has 0 spiro atoms. The Balaban J connectivity index is 1.67. The van der Waals surface area contributed by atoms with E-state index in [0.717, 1.165) is 0 Å². The number of hydrogen-bond donors (Lipinski definition) is 1. The van der Waals surface area contributed by atoms with E-state index in [9.17, 15) is 9.59 Å². The minimum atomic E-state index is -0.723. The molecule has 1 N–H and O–H groups in total. The lowest BCUT2D eigenvalue weighted by molar-refractivity contribution is -0.151. The molecule has 1 aromatic heterocycles. The Bertz CT molecular complexity index is 970. The molecule has 0 aliphatic carbocycles. The van der Waals surface area contributed by atoms with Gasteiger partial charge in [-0.3, -0.25) is 4.79 Å². The van der Waals surface area contributed by atoms with Crippen LogP contribution in [0.1, 0.15) is 18.9 Å². The first-order valence-electron chi connectivity index (χ1n) is 7.60. The van der Waals surface area contributed by atoms with Crippen molar-refractivity contribution in [3.63, 3.8) is 0 Å². The molecule has 1 atom stereocenters. The molecule has 1 heterocycles. The number of rotatable bonds is 5. The fourth-order valence-corrected chi connectivity index (χ4v) is 2.47. The molecule has 0 aliphatic rings. The van der Waals surface area contributed by atoms with Gasteiger partial charge in [0, 0.05) is 0 Å². The summed E-state index contributed by atoms with van der Waals surface area (Å²) in [6.07, 6.45) is -0.723. The van der Waals surface area contributed by atoms with Crippen LogP contribution in [0.5, 0.6) is 5.75 Å². The maximum Gasteiger partial charge on any atom is 0.344 e. The lowest BCUT2D eigenvalue weighted by Crippen LogP contribution is -2.20. The number of carbonyl (C=O) groups excluding carboxylic acids is 1. The topological polar surface area (TPSA) is 81.3 Å². The van der Waals surface area contributed by atoms with Gasteiger partial charge in [0.05, 0.1) is 15.9 Å². The lowest BCUT2D eigenvalue weighted by atomic mass is 10.2. The van der Waals surface area contributed by atoms with E-state index in [1.165, 1.54) is 0 Å². The highest BCUT2D eigenvalue weighted by molar-refractivity contribution is 6.32. The highest BCUT2D eigenvalue weighted by Gasteiger charge is 2.16. The molecule has 0 unspecified atom stereocenters. The molecule has 0 aliphatic heterocycles. The van der Waals surface area contributed by atoms with E-state index in [2.05, 4.69) is 9.97 Å². The van der Waals surface area contributed by atoms with Gasteiger partial charge in [-0.1, -0.05) is 35.9 Å². The first-order chi connectivity index (χ1) is 12.0. The second-order valence-electron chi connectivity index (χ2n) is 5.32. The summed E-state index contributed by atoms with van der Waals surface area (Å²) in [5, 5.41) is 0.885. The van der Waals surface area contributed by atoms with Gasteiger partial charge in [-0.2, -0.15) is 0 Å². The molecule has 6 nitrogen and oxygen atoms in total. The number of esters is 1. The average molecular weight is 359 g/mol. The third-order valence-corrected chi connectivity index (χ3v) is 3.82. The van der Waals surface area contributed by atoms with E-state index in [-0.39, 0.29) is 18.0 Å². The predicted molar refractivity (Wildman–Crippen MR) is 93.8 cm³/mol. The third kappa shape index (κ3) is 3.97. The van der Waals surface area contributed by atoms with E-state index in [1.807, 2.05) is 0 Å². The molecule has 0 radical (unpaired) electrons. The lowest BCUT2D eigenvalue weighted by Gasteiger charge is -2.13. The van der Waals surface area contributed by atoms with Crippen LogP contribution in [-0.4, -0.2) is 22.5 Å². The fraction of sp³-hybridized carbons (Fsp3) is 0.167. The zero-order chi connectivity index (χ0) is 17.8. The van der Waals surface area contributed by atoms with Gasteiger partial charge in [-0.25, -0.2) is 9.78 Å². The summed E-state index contributed by atoms with van der Waals surface area (Å²) in [5.41, 5.74) is 0.257. The zero-order valence-corrected chi connectivity index (χ0v) is 14.1. The number of halogens is 1. The number of carbonyl (C=O) groups is 1. The molecule has 128 valence electrons.